The number of nitrogens with one attached hydrogen (secondary N) is 1. The summed E-state index contributed by atoms with van der Waals surface area (Å²) in [6.07, 6.45) is 1.65. The Morgan fingerprint density at radius 1 is 1.72 bits per heavy atom. The van der Waals surface area contributed by atoms with Gasteiger partial charge in [0.1, 0.15) is 11.9 Å². The molecule has 0 aliphatic carbocycles. The van der Waals surface area contributed by atoms with Gasteiger partial charge in [0.15, 0.2) is 0 Å². The lowest BCUT2D eigenvalue weighted by molar-refractivity contribution is -0.124. The van der Waals surface area contributed by atoms with E-state index in [1.165, 1.54) is 0 Å². The Kier molecular flexibility index (Phi) is 3.99. The largest absolute Gasteiger partial charge is 0.384 e. The Bertz CT molecular complexity index is 424. The predicted molar refractivity (Wildman–Crippen MR) is 69.3 cm³/mol. The Morgan fingerprint density at radius 2 is 2.56 bits per heavy atom. The third kappa shape index (κ3) is 2.70. The molecule has 98 valence electrons. The van der Waals surface area contributed by atoms with Crippen molar-refractivity contribution in [3.63, 3.8) is 0 Å². The van der Waals surface area contributed by atoms with Gasteiger partial charge in [-0.05, 0) is 13.0 Å². The van der Waals surface area contributed by atoms with Crippen LogP contribution in [-0.4, -0.2) is 43.2 Å². The molecule has 1 amide bonds. The molecule has 1 aliphatic rings. The molecule has 1 atom stereocenters. The summed E-state index contributed by atoms with van der Waals surface area (Å²) in [6.45, 7) is 4.19. The quantitative estimate of drug-likeness (QED) is 0.789. The van der Waals surface area contributed by atoms with Crippen LogP contribution in [0.1, 0.15) is 6.92 Å². The smallest absolute Gasteiger partial charge is 0.245 e. The topological polar surface area (TPSA) is 80.5 Å². The average molecular weight is 250 g/mol. The number of ether oxygens (including phenoxy) is 1. The van der Waals surface area contributed by atoms with Crippen LogP contribution in [0.25, 0.3) is 0 Å². The monoisotopic (exact) mass is 250 g/mol. The highest BCUT2D eigenvalue weighted by Gasteiger charge is 2.29. The number of aromatic nitrogens is 1. The minimum absolute atomic E-state index is 0.0208. The number of nitrogens with zero attached hydrogens (tertiary/aromatic N) is 2. The van der Waals surface area contributed by atoms with Crippen LogP contribution in [0.5, 0.6) is 0 Å². The van der Waals surface area contributed by atoms with E-state index in [-0.39, 0.29) is 11.9 Å². The molecule has 0 spiro atoms. The predicted octanol–water partition coefficient (Wildman–Crippen LogP) is 0.00510. The molecule has 6 nitrogen and oxygen atoms in total. The molecule has 1 fully saturated rings. The number of amides is 1. The number of likely N-dealkylation sites (N-methyl/N-ethyl adjacent to an activating group) is 1. The van der Waals surface area contributed by atoms with Gasteiger partial charge < -0.3 is 20.7 Å². The Balaban J connectivity index is 2.20. The standard InChI is InChI=1S/C12H18N4O2/c1-2-14-12(17)10-8-18-6-5-16(10)9-3-4-15-11(13)7-9/h3-4,7,10H,2,5-6,8H2,1H3,(H2,13,15)(H,14,17). The van der Waals surface area contributed by atoms with E-state index >= 15 is 0 Å². The van der Waals surface area contributed by atoms with Crippen LogP contribution < -0.4 is 16.0 Å². The van der Waals surface area contributed by atoms with Crippen molar-refractivity contribution in [2.75, 3.05) is 36.9 Å². The van der Waals surface area contributed by atoms with Gasteiger partial charge in [0.05, 0.1) is 13.2 Å². The zero-order valence-electron chi connectivity index (χ0n) is 10.4. The van der Waals surface area contributed by atoms with Gasteiger partial charge in [-0.15, -0.1) is 0 Å². The molecular formula is C12H18N4O2. The summed E-state index contributed by atoms with van der Waals surface area (Å²) in [6, 6.07) is 3.33. The summed E-state index contributed by atoms with van der Waals surface area (Å²) >= 11 is 0. The van der Waals surface area contributed by atoms with Gasteiger partial charge in [0.2, 0.25) is 5.91 Å². The summed E-state index contributed by atoms with van der Waals surface area (Å²) in [4.78, 5) is 18.0. The van der Waals surface area contributed by atoms with Crippen LogP contribution in [0.3, 0.4) is 0 Å². The van der Waals surface area contributed by atoms with Crippen molar-refractivity contribution in [1.29, 1.82) is 0 Å². The second-order valence-corrected chi connectivity index (χ2v) is 4.12. The van der Waals surface area contributed by atoms with Crippen molar-refractivity contribution < 1.29 is 9.53 Å². The van der Waals surface area contributed by atoms with Crippen LogP contribution in [0.4, 0.5) is 11.5 Å². The third-order valence-corrected chi connectivity index (χ3v) is 2.88. The first-order valence-electron chi connectivity index (χ1n) is 6.06. The fourth-order valence-corrected chi connectivity index (χ4v) is 2.04. The molecule has 2 heterocycles. The van der Waals surface area contributed by atoms with Crippen LogP contribution in [0, 0.1) is 0 Å². The van der Waals surface area contributed by atoms with E-state index in [4.69, 9.17) is 10.5 Å². The van der Waals surface area contributed by atoms with Gasteiger partial charge in [-0.25, -0.2) is 4.98 Å². The number of nitrogens with two attached hydrogens (primary N) is 1. The molecule has 0 radical (unpaired) electrons. The number of rotatable bonds is 3. The molecule has 3 N–H and O–H groups in total. The minimum Gasteiger partial charge on any atom is -0.384 e. The van der Waals surface area contributed by atoms with Crippen molar-refractivity contribution in [3.8, 4) is 0 Å². The number of hydrogen-bond acceptors (Lipinski definition) is 5. The second kappa shape index (κ2) is 5.68. The number of hydrogen-bond donors (Lipinski definition) is 2. The molecule has 1 saturated heterocycles. The molecule has 1 aromatic rings. The van der Waals surface area contributed by atoms with Crippen molar-refractivity contribution in [2.45, 2.75) is 13.0 Å². The molecule has 0 saturated carbocycles. The lowest BCUT2D eigenvalue weighted by atomic mass is 10.2. The number of carbonyl (C=O) groups is 1. The van der Waals surface area contributed by atoms with Gasteiger partial charge in [-0.3, -0.25) is 4.79 Å². The summed E-state index contributed by atoms with van der Waals surface area (Å²) < 4.78 is 5.38. The zero-order valence-corrected chi connectivity index (χ0v) is 10.4. The highest BCUT2D eigenvalue weighted by molar-refractivity contribution is 5.85. The Hall–Kier alpha value is -1.82. The second-order valence-electron chi connectivity index (χ2n) is 4.12. The lowest BCUT2D eigenvalue weighted by Gasteiger charge is -2.36. The fraction of sp³-hybridized carbons (Fsp3) is 0.500. The SMILES string of the molecule is CCNC(=O)C1COCCN1c1ccnc(N)c1. The molecule has 0 aromatic carbocycles. The molecule has 1 aromatic heterocycles. The first-order valence-corrected chi connectivity index (χ1v) is 6.06. The van der Waals surface area contributed by atoms with Gasteiger partial charge in [0.25, 0.3) is 0 Å². The minimum atomic E-state index is -0.305. The van der Waals surface area contributed by atoms with E-state index in [9.17, 15) is 4.79 Å². The molecule has 1 aliphatic heterocycles. The zero-order chi connectivity index (χ0) is 13.0. The molecule has 18 heavy (non-hydrogen) atoms. The van der Waals surface area contributed by atoms with Crippen LogP contribution in [0.15, 0.2) is 18.3 Å². The Morgan fingerprint density at radius 3 is 3.28 bits per heavy atom. The van der Waals surface area contributed by atoms with Crippen molar-refractivity contribution >= 4 is 17.4 Å². The van der Waals surface area contributed by atoms with Gasteiger partial charge in [0, 0.05) is 31.0 Å². The van der Waals surface area contributed by atoms with E-state index < -0.39 is 0 Å². The van der Waals surface area contributed by atoms with Crippen molar-refractivity contribution in [3.05, 3.63) is 18.3 Å². The molecule has 2 rings (SSSR count). The van der Waals surface area contributed by atoms with Crippen LogP contribution >= 0.6 is 0 Å². The maximum atomic E-state index is 12.0. The number of nitrogen functional groups attached to an aromatic ring is 1. The van der Waals surface area contributed by atoms with E-state index in [1.807, 2.05) is 17.9 Å². The first kappa shape index (κ1) is 12.6. The first-order chi connectivity index (χ1) is 8.72. The van der Waals surface area contributed by atoms with E-state index in [1.54, 1.807) is 12.3 Å². The number of morpholine rings is 1. The number of carbonyl (C=O) groups excluding carboxylic acids is 1. The summed E-state index contributed by atoms with van der Waals surface area (Å²) in [5.74, 6) is 0.432. The number of pyridine rings is 1. The van der Waals surface area contributed by atoms with Crippen LogP contribution in [0.2, 0.25) is 0 Å². The highest BCUT2D eigenvalue weighted by Crippen LogP contribution is 2.20. The van der Waals surface area contributed by atoms with E-state index in [2.05, 4.69) is 10.3 Å². The molecule has 0 bridgehead atoms. The number of anilines is 2. The van der Waals surface area contributed by atoms with Crippen LogP contribution in [-0.2, 0) is 9.53 Å². The highest BCUT2D eigenvalue weighted by atomic mass is 16.5. The van der Waals surface area contributed by atoms with Gasteiger partial charge in [-0.2, -0.15) is 0 Å². The Labute approximate surface area is 106 Å². The molecule has 6 heteroatoms. The maximum absolute atomic E-state index is 12.0. The van der Waals surface area contributed by atoms with Gasteiger partial charge >= 0.3 is 0 Å². The van der Waals surface area contributed by atoms with E-state index in [0.717, 1.165) is 5.69 Å². The normalized spacial score (nSPS) is 19.6. The third-order valence-electron chi connectivity index (χ3n) is 2.88. The fourth-order valence-electron chi connectivity index (χ4n) is 2.04. The molecular weight excluding hydrogens is 232 g/mol. The summed E-state index contributed by atoms with van der Waals surface area (Å²) in [5, 5.41) is 2.82. The van der Waals surface area contributed by atoms with E-state index in [0.29, 0.717) is 32.1 Å². The van der Waals surface area contributed by atoms with Crippen molar-refractivity contribution in [2.24, 2.45) is 0 Å². The lowest BCUT2D eigenvalue weighted by Crippen LogP contribution is -2.54. The van der Waals surface area contributed by atoms with Gasteiger partial charge in [-0.1, -0.05) is 0 Å². The summed E-state index contributed by atoms with van der Waals surface area (Å²) in [5.41, 5.74) is 6.58. The molecule has 1 unspecified atom stereocenters. The maximum Gasteiger partial charge on any atom is 0.245 e. The summed E-state index contributed by atoms with van der Waals surface area (Å²) in [7, 11) is 0. The van der Waals surface area contributed by atoms with Crippen molar-refractivity contribution in [1.82, 2.24) is 10.3 Å². The average Bonchev–Trinajstić information content (AvgIpc) is 2.39.